The first-order valence-corrected chi connectivity index (χ1v) is 7.84. The minimum atomic E-state index is -0.579. The molecule has 0 amide bonds. The second kappa shape index (κ2) is 6.45. The van der Waals surface area contributed by atoms with Gasteiger partial charge in [-0.2, -0.15) is 0 Å². The summed E-state index contributed by atoms with van der Waals surface area (Å²) in [7, 11) is 1.27. The fraction of sp³-hybridized carbons (Fsp3) is 0.176. The Hall–Kier alpha value is -2.67. The molecule has 0 bridgehead atoms. The number of methoxy groups -OCH3 is 1. The lowest BCUT2D eigenvalue weighted by Gasteiger charge is -1.99. The molecule has 0 radical (unpaired) electrons. The zero-order valence-corrected chi connectivity index (χ0v) is 13.7. The molecular formula is C17H13FO5S. The highest BCUT2D eigenvalue weighted by molar-refractivity contribution is 7.20. The smallest absolute Gasteiger partial charge is 0.348 e. The third-order valence-electron chi connectivity index (χ3n) is 3.43. The number of furan rings is 1. The number of thiophene rings is 1. The summed E-state index contributed by atoms with van der Waals surface area (Å²) in [5, 5.41) is 0.385. The molecule has 0 aliphatic heterocycles. The molecule has 24 heavy (non-hydrogen) atoms. The minimum absolute atomic E-state index is 0.132. The molecule has 2 aromatic heterocycles. The van der Waals surface area contributed by atoms with Crippen molar-refractivity contribution in [2.45, 2.75) is 13.5 Å². The number of fused-ring (bicyclic) bond motifs is 1. The summed E-state index contributed by atoms with van der Waals surface area (Å²) in [6, 6.07) is 7.59. The SMILES string of the molecule is COC(=O)c1cc(COC(=O)c2cc3c(F)cccc3s2)oc1C. The van der Waals surface area contributed by atoms with E-state index in [0.29, 0.717) is 26.5 Å². The maximum Gasteiger partial charge on any atom is 0.348 e. The zero-order chi connectivity index (χ0) is 17.3. The largest absolute Gasteiger partial charge is 0.465 e. The van der Waals surface area contributed by atoms with Crippen LogP contribution < -0.4 is 0 Å². The Labute approximate surface area is 140 Å². The van der Waals surface area contributed by atoms with Crippen LogP contribution in [-0.2, 0) is 16.1 Å². The molecule has 3 aromatic rings. The molecule has 5 nitrogen and oxygen atoms in total. The van der Waals surface area contributed by atoms with Gasteiger partial charge in [-0.15, -0.1) is 11.3 Å². The van der Waals surface area contributed by atoms with Gasteiger partial charge in [0.25, 0.3) is 0 Å². The van der Waals surface area contributed by atoms with Crippen molar-refractivity contribution in [1.29, 1.82) is 0 Å². The Morgan fingerprint density at radius 2 is 2.04 bits per heavy atom. The molecule has 0 N–H and O–H groups in total. The van der Waals surface area contributed by atoms with E-state index in [1.165, 1.54) is 25.3 Å². The van der Waals surface area contributed by atoms with Crippen LogP contribution in [0.4, 0.5) is 4.39 Å². The number of carbonyl (C=O) groups excluding carboxylic acids is 2. The first-order valence-electron chi connectivity index (χ1n) is 7.02. The van der Waals surface area contributed by atoms with Gasteiger partial charge in [-0.1, -0.05) is 6.07 Å². The second-order valence-electron chi connectivity index (χ2n) is 5.01. The van der Waals surface area contributed by atoms with Crippen molar-refractivity contribution in [2.75, 3.05) is 7.11 Å². The highest BCUT2D eigenvalue weighted by Crippen LogP contribution is 2.28. The Balaban J connectivity index is 1.73. The van der Waals surface area contributed by atoms with Crippen molar-refractivity contribution in [3.8, 4) is 0 Å². The van der Waals surface area contributed by atoms with Crippen molar-refractivity contribution in [3.63, 3.8) is 0 Å². The van der Waals surface area contributed by atoms with E-state index in [1.807, 2.05) is 0 Å². The van der Waals surface area contributed by atoms with E-state index in [9.17, 15) is 14.0 Å². The number of esters is 2. The van der Waals surface area contributed by atoms with Crippen molar-refractivity contribution < 1.29 is 27.9 Å². The molecule has 0 spiro atoms. The van der Waals surface area contributed by atoms with Crippen LogP contribution in [0.1, 0.15) is 31.6 Å². The number of carbonyl (C=O) groups is 2. The molecule has 0 aliphatic rings. The Morgan fingerprint density at radius 1 is 1.25 bits per heavy atom. The van der Waals surface area contributed by atoms with Crippen LogP contribution in [0.2, 0.25) is 0 Å². The molecule has 2 heterocycles. The van der Waals surface area contributed by atoms with Crippen molar-refractivity contribution in [3.05, 3.63) is 58.1 Å². The van der Waals surface area contributed by atoms with E-state index < -0.39 is 11.9 Å². The molecule has 0 fully saturated rings. The first kappa shape index (κ1) is 16.2. The normalized spacial score (nSPS) is 10.8. The van der Waals surface area contributed by atoms with Gasteiger partial charge >= 0.3 is 11.9 Å². The van der Waals surface area contributed by atoms with Crippen LogP contribution in [0.25, 0.3) is 10.1 Å². The van der Waals surface area contributed by atoms with Gasteiger partial charge in [0.1, 0.15) is 34.4 Å². The van der Waals surface area contributed by atoms with Crippen molar-refractivity contribution >= 4 is 33.4 Å². The van der Waals surface area contributed by atoms with E-state index in [-0.39, 0.29) is 18.0 Å². The summed E-state index contributed by atoms with van der Waals surface area (Å²) in [6.07, 6.45) is 0. The standard InChI is InChI=1S/C17H13FO5S/c1-9-11(16(19)21-2)6-10(23-9)8-22-17(20)15-7-12-13(18)4-3-5-14(12)24-15/h3-7H,8H2,1-2H3. The fourth-order valence-electron chi connectivity index (χ4n) is 2.26. The number of ether oxygens (including phenoxy) is 2. The number of rotatable bonds is 4. The second-order valence-corrected chi connectivity index (χ2v) is 6.10. The summed E-state index contributed by atoms with van der Waals surface area (Å²) in [5.74, 6) is -0.768. The monoisotopic (exact) mass is 348 g/mol. The fourth-order valence-corrected chi connectivity index (χ4v) is 3.23. The van der Waals surface area contributed by atoms with E-state index in [2.05, 4.69) is 4.74 Å². The number of hydrogen-bond acceptors (Lipinski definition) is 6. The molecule has 0 unspecified atom stereocenters. The van der Waals surface area contributed by atoms with Crippen LogP contribution in [0.3, 0.4) is 0 Å². The van der Waals surface area contributed by atoms with E-state index in [1.54, 1.807) is 19.1 Å². The summed E-state index contributed by atoms with van der Waals surface area (Å²) in [5.41, 5.74) is 0.285. The lowest BCUT2D eigenvalue weighted by Crippen LogP contribution is -2.03. The average Bonchev–Trinajstić information content (AvgIpc) is 3.16. The van der Waals surface area contributed by atoms with E-state index in [4.69, 9.17) is 9.15 Å². The third kappa shape index (κ3) is 3.03. The molecule has 0 atom stereocenters. The molecule has 0 aliphatic carbocycles. The van der Waals surface area contributed by atoms with Crippen molar-refractivity contribution in [1.82, 2.24) is 0 Å². The number of halogens is 1. The van der Waals surface area contributed by atoms with Gasteiger partial charge in [-0.3, -0.25) is 0 Å². The Morgan fingerprint density at radius 3 is 2.75 bits per heavy atom. The van der Waals surface area contributed by atoms with Crippen LogP contribution in [0.5, 0.6) is 0 Å². The molecule has 0 saturated carbocycles. The van der Waals surface area contributed by atoms with Crippen LogP contribution in [0.15, 0.2) is 34.7 Å². The van der Waals surface area contributed by atoms with Gasteiger partial charge < -0.3 is 13.9 Å². The van der Waals surface area contributed by atoms with Crippen LogP contribution in [-0.4, -0.2) is 19.0 Å². The van der Waals surface area contributed by atoms with Crippen LogP contribution in [0, 0.1) is 12.7 Å². The number of aryl methyl sites for hydroxylation is 1. The molecule has 124 valence electrons. The van der Waals surface area contributed by atoms with Crippen LogP contribution >= 0.6 is 11.3 Å². The summed E-state index contributed by atoms with van der Waals surface area (Å²) in [6.45, 7) is 1.49. The van der Waals surface area contributed by atoms with Gasteiger partial charge in [0.15, 0.2) is 0 Å². The average molecular weight is 348 g/mol. The zero-order valence-electron chi connectivity index (χ0n) is 12.9. The predicted molar refractivity (Wildman–Crippen MR) is 85.7 cm³/mol. The maximum atomic E-state index is 13.7. The summed E-state index contributed by atoms with van der Waals surface area (Å²) >= 11 is 1.15. The summed E-state index contributed by atoms with van der Waals surface area (Å²) in [4.78, 5) is 23.9. The highest BCUT2D eigenvalue weighted by Gasteiger charge is 2.18. The highest BCUT2D eigenvalue weighted by atomic mass is 32.1. The Bertz CT molecular complexity index is 924. The quantitative estimate of drug-likeness (QED) is 0.665. The molecule has 1 aromatic carbocycles. The van der Waals surface area contributed by atoms with Crippen molar-refractivity contribution in [2.24, 2.45) is 0 Å². The van der Waals surface area contributed by atoms with Gasteiger partial charge in [0, 0.05) is 10.1 Å². The van der Waals surface area contributed by atoms with Gasteiger partial charge in [-0.05, 0) is 31.2 Å². The van der Waals surface area contributed by atoms with Gasteiger partial charge in [0.2, 0.25) is 0 Å². The topological polar surface area (TPSA) is 65.7 Å². The molecule has 0 saturated heterocycles. The Kier molecular flexibility index (Phi) is 4.35. The minimum Gasteiger partial charge on any atom is -0.465 e. The van der Waals surface area contributed by atoms with E-state index in [0.717, 1.165) is 11.3 Å². The molecule has 7 heteroatoms. The predicted octanol–water partition coefficient (Wildman–Crippen LogP) is 4.09. The van der Waals surface area contributed by atoms with Gasteiger partial charge in [0.05, 0.1) is 7.11 Å². The lowest BCUT2D eigenvalue weighted by atomic mass is 10.2. The van der Waals surface area contributed by atoms with Gasteiger partial charge in [-0.25, -0.2) is 14.0 Å². The first-order chi connectivity index (χ1) is 11.5. The number of hydrogen-bond donors (Lipinski definition) is 0. The third-order valence-corrected chi connectivity index (χ3v) is 4.51. The maximum absolute atomic E-state index is 13.7. The molecule has 3 rings (SSSR count). The lowest BCUT2D eigenvalue weighted by molar-refractivity contribution is 0.0449. The number of benzene rings is 1. The molecular weight excluding hydrogens is 335 g/mol. The summed E-state index contributed by atoms with van der Waals surface area (Å²) < 4.78 is 29.5. The van der Waals surface area contributed by atoms with E-state index >= 15 is 0 Å².